The Kier molecular flexibility index (Phi) is 7.51. The summed E-state index contributed by atoms with van der Waals surface area (Å²) < 4.78 is 45.8. The predicted molar refractivity (Wildman–Crippen MR) is 154 cm³/mol. The zero-order valence-corrected chi connectivity index (χ0v) is 22.6. The molecule has 5 aromatic rings. The number of nitrogens with zero attached hydrogens (tertiary/aromatic N) is 4. The molecule has 0 bridgehead atoms. The van der Waals surface area contributed by atoms with Gasteiger partial charge in [-0.1, -0.05) is 12.1 Å². The summed E-state index contributed by atoms with van der Waals surface area (Å²) in [5.41, 5.74) is 2.87. The molecule has 2 amide bonds. The number of carbonyl (C=O) groups excluding carboxylic acids is 2. The van der Waals surface area contributed by atoms with E-state index >= 15 is 0 Å². The maximum absolute atomic E-state index is 12.9. The van der Waals surface area contributed by atoms with Crippen molar-refractivity contribution in [1.82, 2.24) is 19.3 Å². The Labute approximate surface area is 244 Å². The quantitative estimate of drug-likeness (QED) is 0.258. The highest BCUT2D eigenvalue weighted by molar-refractivity contribution is 6.04. The molecular weight excluding hydrogens is 561 g/mol. The van der Waals surface area contributed by atoms with Crippen LogP contribution in [0.2, 0.25) is 0 Å². The molecule has 0 saturated carbocycles. The highest BCUT2D eigenvalue weighted by Crippen LogP contribution is 2.30. The number of hydrogen-bond donors (Lipinski definition) is 2. The molecule has 3 heterocycles. The second-order valence-electron chi connectivity index (χ2n) is 9.85. The zero-order valence-electron chi connectivity index (χ0n) is 22.6. The Morgan fingerprint density at radius 1 is 0.884 bits per heavy atom. The first-order valence-electron chi connectivity index (χ1n) is 13.4. The van der Waals surface area contributed by atoms with Gasteiger partial charge in [-0.05, 0) is 60.7 Å². The van der Waals surface area contributed by atoms with Crippen LogP contribution in [0.1, 0.15) is 26.3 Å². The summed E-state index contributed by atoms with van der Waals surface area (Å²) in [6, 6.07) is 18.1. The number of alkyl halides is 3. The molecule has 1 aliphatic heterocycles. The number of benzene rings is 3. The van der Waals surface area contributed by atoms with Crippen LogP contribution in [-0.2, 0) is 10.9 Å². The minimum absolute atomic E-state index is 0.0454. The zero-order chi connectivity index (χ0) is 30.0. The van der Waals surface area contributed by atoms with Crippen molar-refractivity contribution in [2.75, 3.05) is 36.9 Å². The van der Waals surface area contributed by atoms with Crippen LogP contribution in [0.25, 0.3) is 16.9 Å². The third-order valence-electron chi connectivity index (χ3n) is 6.96. The van der Waals surface area contributed by atoms with Crippen molar-refractivity contribution in [1.29, 1.82) is 0 Å². The van der Waals surface area contributed by atoms with Gasteiger partial charge < -0.3 is 24.7 Å². The van der Waals surface area contributed by atoms with E-state index in [1.807, 2.05) is 10.5 Å². The number of carbonyl (C=O) groups is 2. The lowest BCUT2D eigenvalue weighted by Gasteiger charge is -2.26. The fourth-order valence-corrected chi connectivity index (χ4v) is 4.71. The van der Waals surface area contributed by atoms with Gasteiger partial charge in [0.1, 0.15) is 0 Å². The van der Waals surface area contributed by atoms with Gasteiger partial charge in [0, 0.05) is 59.7 Å². The lowest BCUT2D eigenvalue weighted by molar-refractivity contribution is -0.137. The first-order chi connectivity index (χ1) is 20.7. The monoisotopic (exact) mass is 586 g/mol. The molecule has 218 valence electrons. The van der Waals surface area contributed by atoms with Crippen LogP contribution in [0, 0.1) is 0 Å². The number of anilines is 3. The van der Waals surface area contributed by atoms with Gasteiger partial charge in [0.15, 0.2) is 11.5 Å². The largest absolute Gasteiger partial charge is 0.416 e. The van der Waals surface area contributed by atoms with Crippen molar-refractivity contribution in [3.63, 3.8) is 0 Å². The molecule has 3 aromatic carbocycles. The van der Waals surface area contributed by atoms with Gasteiger partial charge in [-0.2, -0.15) is 13.2 Å². The Morgan fingerprint density at radius 2 is 1.60 bits per heavy atom. The third kappa shape index (κ3) is 6.19. The Balaban J connectivity index is 1.21. The molecular formula is C31H25F3N6O3. The van der Waals surface area contributed by atoms with Crippen molar-refractivity contribution in [3.05, 3.63) is 108 Å². The summed E-state index contributed by atoms with van der Waals surface area (Å²) in [5.74, 6) is -0.105. The summed E-state index contributed by atoms with van der Waals surface area (Å²) in [7, 11) is 0. The molecule has 2 N–H and O–H groups in total. The van der Waals surface area contributed by atoms with Gasteiger partial charge in [-0.3, -0.25) is 9.59 Å². The number of rotatable bonds is 6. The highest BCUT2D eigenvalue weighted by Gasteiger charge is 2.30. The summed E-state index contributed by atoms with van der Waals surface area (Å²) >= 11 is 0. The van der Waals surface area contributed by atoms with Gasteiger partial charge in [0.25, 0.3) is 11.8 Å². The summed E-state index contributed by atoms with van der Waals surface area (Å²) in [5, 5.41) is 6.01. The number of halogens is 3. The molecule has 43 heavy (non-hydrogen) atoms. The molecule has 0 radical (unpaired) electrons. The molecule has 12 heteroatoms. The van der Waals surface area contributed by atoms with Crippen molar-refractivity contribution >= 4 is 34.7 Å². The standard InChI is InChI=1S/C31H25F3N6O3/c32-31(33,34)23-8-4-20(5-9-23)29(41)37-25-3-1-2-22(18-25)26-19-40-13-12-35-28(40)27(38-26)36-24-10-6-21(7-11-24)30(42)39-14-16-43-17-15-39/h1-13,18-19H,14-17H2,(H,36,38)(H,37,41). The fourth-order valence-electron chi connectivity index (χ4n) is 4.71. The number of imidazole rings is 1. The van der Waals surface area contributed by atoms with Crippen molar-refractivity contribution in [2.45, 2.75) is 6.18 Å². The van der Waals surface area contributed by atoms with E-state index in [4.69, 9.17) is 9.72 Å². The SMILES string of the molecule is O=C(Nc1cccc(-c2cn3ccnc3c(Nc3ccc(C(=O)N4CCOCC4)cc3)n2)c1)c1ccc(C(F)(F)F)cc1. The smallest absolute Gasteiger partial charge is 0.378 e. The van der Waals surface area contributed by atoms with Gasteiger partial charge in [-0.25, -0.2) is 9.97 Å². The van der Waals surface area contributed by atoms with E-state index in [0.717, 1.165) is 24.3 Å². The van der Waals surface area contributed by atoms with E-state index in [1.165, 1.54) is 0 Å². The lowest BCUT2D eigenvalue weighted by Crippen LogP contribution is -2.40. The fraction of sp³-hybridized carbons (Fsp3) is 0.161. The topological polar surface area (TPSA) is 101 Å². The molecule has 0 atom stereocenters. The highest BCUT2D eigenvalue weighted by atomic mass is 19.4. The Bertz CT molecular complexity index is 1780. The van der Waals surface area contributed by atoms with Crippen LogP contribution in [0.4, 0.5) is 30.4 Å². The Hall–Kier alpha value is -5.23. The van der Waals surface area contributed by atoms with Crippen molar-refractivity contribution in [3.8, 4) is 11.3 Å². The van der Waals surface area contributed by atoms with Crippen molar-refractivity contribution in [2.24, 2.45) is 0 Å². The Morgan fingerprint density at radius 3 is 2.33 bits per heavy atom. The van der Waals surface area contributed by atoms with Crippen LogP contribution in [0.3, 0.4) is 0 Å². The normalized spacial score (nSPS) is 13.6. The number of nitrogens with one attached hydrogen (secondary N) is 2. The van der Waals surface area contributed by atoms with Crippen molar-refractivity contribution < 1.29 is 27.5 Å². The van der Waals surface area contributed by atoms with Gasteiger partial charge in [0.05, 0.1) is 24.5 Å². The number of aromatic nitrogens is 3. The summed E-state index contributed by atoms with van der Waals surface area (Å²) in [6.07, 6.45) is 0.753. The number of hydrogen-bond acceptors (Lipinski definition) is 6. The second kappa shape index (κ2) is 11.6. The van der Waals surface area contributed by atoms with Crippen LogP contribution < -0.4 is 10.6 Å². The number of morpholine rings is 1. The van der Waals surface area contributed by atoms with Gasteiger partial charge in [0.2, 0.25) is 0 Å². The van der Waals surface area contributed by atoms with E-state index in [-0.39, 0.29) is 11.5 Å². The molecule has 1 saturated heterocycles. The number of ether oxygens (including phenoxy) is 1. The average Bonchev–Trinajstić information content (AvgIpc) is 3.51. The summed E-state index contributed by atoms with van der Waals surface area (Å²) in [6.45, 7) is 2.19. The maximum atomic E-state index is 12.9. The minimum atomic E-state index is -4.48. The first kappa shape index (κ1) is 27.9. The minimum Gasteiger partial charge on any atom is -0.378 e. The van der Waals surface area contributed by atoms with E-state index in [2.05, 4.69) is 15.6 Å². The molecule has 2 aromatic heterocycles. The van der Waals surface area contributed by atoms with E-state index in [0.29, 0.717) is 66.0 Å². The molecule has 6 rings (SSSR count). The lowest BCUT2D eigenvalue weighted by atomic mass is 10.1. The van der Waals surface area contributed by atoms with Crippen LogP contribution in [0.15, 0.2) is 91.4 Å². The summed E-state index contributed by atoms with van der Waals surface area (Å²) in [4.78, 5) is 36.5. The molecule has 9 nitrogen and oxygen atoms in total. The molecule has 0 unspecified atom stereocenters. The number of fused-ring (bicyclic) bond motifs is 1. The predicted octanol–water partition coefficient (Wildman–Crippen LogP) is 5.88. The van der Waals surface area contributed by atoms with Crippen LogP contribution in [-0.4, -0.2) is 57.4 Å². The van der Waals surface area contributed by atoms with E-state index < -0.39 is 17.6 Å². The maximum Gasteiger partial charge on any atom is 0.416 e. The third-order valence-corrected chi connectivity index (χ3v) is 6.96. The van der Waals surface area contributed by atoms with Crippen LogP contribution >= 0.6 is 0 Å². The molecule has 1 aliphatic rings. The van der Waals surface area contributed by atoms with E-state index in [1.54, 1.807) is 66.0 Å². The average molecular weight is 587 g/mol. The first-order valence-corrected chi connectivity index (χ1v) is 13.4. The second-order valence-corrected chi connectivity index (χ2v) is 9.85. The molecule has 1 fully saturated rings. The van der Waals surface area contributed by atoms with Crippen LogP contribution in [0.5, 0.6) is 0 Å². The molecule has 0 aliphatic carbocycles. The van der Waals surface area contributed by atoms with E-state index in [9.17, 15) is 22.8 Å². The molecule has 0 spiro atoms. The van der Waals surface area contributed by atoms with Gasteiger partial charge >= 0.3 is 6.18 Å². The number of amides is 2. The van der Waals surface area contributed by atoms with Gasteiger partial charge in [-0.15, -0.1) is 0 Å².